The van der Waals surface area contributed by atoms with Gasteiger partial charge in [-0.15, -0.1) is 0 Å². The van der Waals surface area contributed by atoms with Crippen LogP contribution in [0, 0.1) is 13.8 Å². The van der Waals surface area contributed by atoms with E-state index in [4.69, 9.17) is 4.74 Å². The number of aryl methyl sites for hydroxylation is 2. The van der Waals surface area contributed by atoms with Crippen LogP contribution in [0.4, 0.5) is 0 Å². The first-order chi connectivity index (χ1) is 13.1. The van der Waals surface area contributed by atoms with Crippen LogP contribution in [0.2, 0.25) is 0 Å². The van der Waals surface area contributed by atoms with Crippen molar-refractivity contribution in [3.05, 3.63) is 64.7 Å². The molecule has 0 unspecified atom stereocenters. The van der Waals surface area contributed by atoms with Crippen LogP contribution in [0.25, 0.3) is 0 Å². The molecule has 0 amide bonds. The fraction of sp³-hybridized carbons (Fsp3) is 0.435. The van der Waals surface area contributed by atoms with Crippen LogP contribution in [0.3, 0.4) is 0 Å². The lowest BCUT2D eigenvalue weighted by Gasteiger charge is -2.33. The Labute approximate surface area is 163 Å². The minimum Gasteiger partial charge on any atom is -0.494 e. The zero-order valence-corrected chi connectivity index (χ0v) is 16.8. The van der Waals surface area contributed by atoms with Crippen molar-refractivity contribution in [2.75, 3.05) is 32.8 Å². The summed E-state index contributed by atoms with van der Waals surface area (Å²) in [7, 11) is 0. The first-order valence-corrected chi connectivity index (χ1v) is 9.94. The van der Waals surface area contributed by atoms with Crippen molar-refractivity contribution in [3.63, 3.8) is 0 Å². The highest BCUT2D eigenvalue weighted by Crippen LogP contribution is 2.15. The lowest BCUT2D eigenvalue weighted by Crippen LogP contribution is -2.43. The third-order valence-corrected chi connectivity index (χ3v) is 4.96. The van der Waals surface area contributed by atoms with Gasteiger partial charge in [0.15, 0.2) is 0 Å². The molecule has 27 heavy (non-hydrogen) atoms. The molecule has 144 valence electrons. The Kier molecular flexibility index (Phi) is 6.88. The number of nitrogens with zero attached hydrogens (tertiary/aromatic N) is 3. The second kappa shape index (κ2) is 9.56. The van der Waals surface area contributed by atoms with Gasteiger partial charge in [0.2, 0.25) is 0 Å². The molecule has 1 aliphatic heterocycles. The first-order valence-electron chi connectivity index (χ1n) is 9.94. The van der Waals surface area contributed by atoms with Gasteiger partial charge in [0.1, 0.15) is 5.75 Å². The van der Waals surface area contributed by atoms with Crippen molar-refractivity contribution < 1.29 is 4.74 Å². The van der Waals surface area contributed by atoms with E-state index in [-0.39, 0.29) is 0 Å². The van der Waals surface area contributed by atoms with E-state index < -0.39 is 0 Å². The Bertz CT molecular complexity index is 747. The fourth-order valence-corrected chi connectivity index (χ4v) is 3.29. The summed E-state index contributed by atoms with van der Waals surface area (Å²) in [5, 5.41) is 6.82. The summed E-state index contributed by atoms with van der Waals surface area (Å²) >= 11 is 0. The maximum atomic E-state index is 5.62. The van der Waals surface area contributed by atoms with Crippen molar-refractivity contribution in [3.8, 4) is 5.75 Å². The number of piperazine rings is 1. The third-order valence-electron chi connectivity index (χ3n) is 4.96. The van der Waals surface area contributed by atoms with Crippen molar-refractivity contribution in [2.24, 2.45) is 5.10 Å². The Morgan fingerprint density at radius 2 is 1.74 bits per heavy atom. The van der Waals surface area contributed by atoms with E-state index >= 15 is 0 Å². The summed E-state index contributed by atoms with van der Waals surface area (Å²) in [6.45, 7) is 12.3. The molecule has 1 saturated heterocycles. The molecule has 2 aromatic carbocycles. The zero-order chi connectivity index (χ0) is 19.1. The van der Waals surface area contributed by atoms with E-state index in [1.165, 1.54) is 16.7 Å². The molecule has 0 aromatic heterocycles. The van der Waals surface area contributed by atoms with Crippen LogP contribution in [-0.2, 0) is 6.54 Å². The average molecular weight is 366 g/mol. The van der Waals surface area contributed by atoms with Gasteiger partial charge < -0.3 is 4.74 Å². The summed E-state index contributed by atoms with van der Waals surface area (Å²) in [5.41, 5.74) is 5.27. The molecular weight excluding hydrogens is 334 g/mol. The van der Waals surface area contributed by atoms with Gasteiger partial charge in [-0.25, -0.2) is 0 Å². The van der Waals surface area contributed by atoms with Crippen LogP contribution in [-0.4, -0.2) is 48.9 Å². The molecular formula is C23H31N3O. The van der Waals surface area contributed by atoms with E-state index in [1.807, 2.05) is 18.3 Å². The molecule has 1 heterocycles. The maximum Gasteiger partial charge on any atom is 0.119 e. The number of ether oxygens (including phenoxy) is 1. The summed E-state index contributed by atoms with van der Waals surface area (Å²) < 4.78 is 5.62. The van der Waals surface area contributed by atoms with Gasteiger partial charge in [0.05, 0.1) is 12.8 Å². The lowest BCUT2D eigenvalue weighted by atomic mass is 10.1. The van der Waals surface area contributed by atoms with Crippen LogP contribution in [0.5, 0.6) is 5.75 Å². The predicted octanol–water partition coefficient (Wildman–Crippen LogP) is 4.24. The summed E-state index contributed by atoms with van der Waals surface area (Å²) in [6, 6.07) is 14.9. The normalized spacial score (nSPS) is 15.4. The van der Waals surface area contributed by atoms with Crippen LogP contribution in [0.1, 0.15) is 35.6 Å². The van der Waals surface area contributed by atoms with Crippen LogP contribution < -0.4 is 4.74 Å². The van der Waals surface area contributed by atoms with Gasteiger partial charge in [0.25, 0.3) is 0 Å². The number of hydrogen-bond acceptors (Lipinski definition) is 4. The van der Waals surface area contributed by atoms with Gasteiger partial charge in [-0.2, -0.15) is 5.10 Å². The molecule has 1 fully saturated rings. The zero-order valence-electron chi connectivity index (χ0n) is 16.8. The highest BCUT2D eigenvalue weighted by molar-refractivity contribution is 5.79. The van der Waals surface area contributed by atoms with Gasteiger partial charge in [-0.1, -0.05) is 30.7 Å². The number of rotatable bonds is 7. The van der Waals surface area contributed by atoms with E-state index in [9.17, 15) is 0 Å². The molecule has 0 bridgehead atoms. The van der Waals surface area contributed by atoms with Gasteiger partial charge in [0, 0.05) is 32.7 Å². The number of hydrogen-bond donors (Lipinski definition) is 0. The Morgan fingerprint density at radius 3 is 2.41 bits per heavy atom. The van der Waals surface area contributed by atoms with Gasteiger partial charge in [-0.05, 0) is 61.2 Å². The second-order valence-corrected chi connectivity index (χ2v) is 7.32. The van der Waals surface area contributed by atoms with Crippen LogP contribution >= 0.6 is 0 Å². The Morgan fingerprint density at radius 1 is 1.00 bits per heavy atom. The SMILES string of the molecule is CCCOc1ccc(C=NN2CCN(Cc3ccc(C)cc3C)CC2)cc1. The maximum absolute atomic E-state index is 5.62. The molecule has 0 radical (unpaired) electrons. The van der Waals surface area contributed by atoms with Crippen LogP contribution in [0.15, 0.2) is 47.6 Å². The van der Waals surface area contributed by atoms with Crippen molar-refractivity contribution in [2.45, 2.75) is 33.7 Å². The van der Waals surface area contributed by atoms with E-state index in [0.29, 0.717) is 0 Å². The smallest absolute Gasteiger partial charge is 0.119 e. The van der Waals surface area contributed by atoms with E-state index in [2.05, 4.69) is 66.1 Å². The quantitative estimate of drug-likeness (QED) is 0.687. The average Bonchev–Trinajstić information content (AvgIpc) is 2.69. The number of hydrazone groups is 1. The predicted molar refractivity (Wildman–Crippen MR) is 113 cm³/mol. The Balaban J connectivity index is 1.46. The second-order valence-electron chi connectivity index (χ2n) is 7.32. The van der Waals surface area contributed by atoms with Crippen molar-refractivity contribution in [1.29, 1.82) is 0 Å². The van der Waals surface area contributed by atoms with E-state index in [1.54, 1.807) is 0 Å². The molecule has 0 spiro atoms. The fourth-order valence-electron chi connectivity index (χ4n) is 3.29. The minimum atomic E-state index is 0.764. The molecule has 0 saturated carbocycles. The molecule has 1 aliphatic rings. The summed E-state index contributed by atoms with van der Waals surface area (Å²) in [6.07, 6.45) is 2.97. The molecule has 0 atom stereocenters. The first kappa shape index (κ1) is 19.4. The molecule has 0 aliphatic carbocycles. The van der Waals surface area contributed by atoms with Gasteiger partial charge in [-0.3, -0.25) is 9.91 Å². The number of benzene rings is 2. The van der Waals surface area contributed by atoms with Crippen molar-refractivity contribution >= 4 is 6.21 Å². The monoisotopic (exact) mass is 365 g/mol. The third kappa shape index (κ3) is 5.83. The molecule has 3 rings (SSSR count). The molecule has 0 N–H and O–H groups in total. The van der Waals surface area contributed by atoms with Gasteiger partial charge >= 0.3 is 0 Å². The van der Waals surface area contributed by atoms with E-state index in [0.717, 1.165) is 57.1 Å². The highest BCUT2D eigenvalue weighted by Gasteiger charge is 2.16. The topological polar surface area (TPSA) is 28.1 Å². The van der Waals surface area contributed by atoms with Crippen molar-refractivity contribution in [1.82, 2.24) is 9.91 Å². The molecule has 2 aromatic rings. The summed E-state index contributed by atoms with van der Waals surface area (Å²) in [4.78, 5) is 2.52. The largest absolute Gasteiger partial charge is 0.494 e. The highest BCUT2D eigenvalue weighted by atomic mass is 16.5. The molecule has 4 nitrogen and oxygen atoms in total. The summed E-state index contributed by atoms with van der Waals surface area (Å²) in [5.74, 6) is 0.925. The molecule has 4 heteroatoms. The minimum absolute atomic E-state index is 0.764. The lowest BCUT2D eigenvalue weighted by molar-refractivity contribution is 0.131. The standard InChI is InChI=1S/C23H31N3O/c1-4-15-27-23-9-6-21(7-10-23)17-24-26-13-11-25(12-14-26)18-22-8-5-19(2)16-20(22)3/h5-10,16-17H,4,11-15,18H2,1-3H3. The Hall–Kier alpha value is -2.33.